The molecule has 2 rings (SSSR count). The van der Waals surface area contributed by atoms with Crippen molar-refractivity contribution in [1.29, 1.82) is 0 Å². The van der Waals surface area contributed by atoms with Crippen LogP contribution in [0.4, 0.5) is 0 Å². The van der Waals surface area contributed by atoms with E-state index in [0.717, 1.165) is 0 Å². The predicted molar refractivity (Wildman–Crippen MR) is 60.3 cm³/mol. The van der Waals surface area contributed by atoms with Crippen molar-refractivity contribution < 1.29 is 19.2 Å². The quantitative estimate of drug-likeness (QED) is 0.697. The molecule has 0 unspecified atom stereocenters. The average Bonchev–Trinajstić information content (AvgIpc) is 2.54. The van der Waals surface area contributed by atoms with E-state index in [1.807, 2.05) is 0 Å². The summed E-state index contributed by atoms with van der Waals surface area (Å²) in [5.74, 6) is -2.04. The average molecular weight is 248 g/mol. The highest BCUT2D eigenvalue weighted by Crippen LogP contribution is 2.23. The normalized spacial score (nSPS) is 14.7. The highest BCUT2D eigenvalue weighted by atomic mass is 16.7. The maximum atomic E-state index is 11.9. The number of amides is 2. The number of hydrogen-bond acceptors (Lipinski definition) is 5. The zero-order chi connectivity index (χ0) is 13.5. The number of rotatable bonds is 1. The molecule has 1 aliphatic rings. The van der Waals surface area contributed by atoms with Gasteiger partial charge in [-0.2, -0.15) is 0 Å². The van der Waals surface area contributed by atoms with Crippen molar-refractivity contribution in [3.8, 4) is 0 Å². The van der Waals surface area contributed by atoms with Crippen LogP contribution in [0.3, 0.4) is 0 Å². The maximum Gasteiger partial charge on any atom is 0.338 e. The van der Waals surface area contributed by atoms with Crippen molar-refractivity contribution >= 4 is 17.8 Å². The van der Waals surface area contributed by atoms with Gasteiger partial charge in [-0.1, -0.05) is 5.06 Å². The molecule has 0 saturated carbocycles. The standard InChI is InChI=1S/C12H12N2O4/c1-12(2,3)11(17)18-14-9(15)7-5-4-6-13-8(7)10(14)16/h4-6H,1-3H3. The van der Waals surface area contributed by atoms with E-state index in [2.05, 4.69) is 4.98 Å². The van der Waals surface area contributed by atoms with Crippen molar-refractivity contribution in [3.63, 3.8) is 0 Å². The molecule has 0 saturated heterocycles. The number of aromatic nitrogens is 1. The molecule has 0 atom stereocenters. The van der Waals surface area contributed by atoms with E-state index in [1.165, 1.54) is 12.3 Å². The Bertz CT molecular complexity index is 510. The van der Waals surface area contributed by atoms with E-state index in [4.69, 9.17) is 4.84 Å². The second kappa shape index (κ2) is 3.90. The second-order valence-electron chi connectivity index (χ2n) is 4.93. The first-order valence-electron chi connectivity index (χ1n) is 5.38. The van der Waals surface area contributed by atoms with Crippen molar-refractivity contribution in [3.05, 3.63) is 29.6 Å². The summed E-state index contributed by atoms with van der Waals surface area (Å²) in [6.45, 7) is 4.89. The number of carbonyl (C=O) groups excluding carboxylic acids is 3. The Morgan fingerprint density at radius 1 is 1.28 bits per heavy atom. The van der Waals surface area contributed by atoms with Crippen LogP contribution in [-0.2, 0) is 9.63 Å². The molecule has 18 heavy (non-hydrogen) atoms. The molecule has 0 bridgehead atoms. The summed E-state index contributed by atoms with van der Waals surface area (Å²) in [5, 5.41) is 0.464. The second-order valence-corrected chi connectivity index (χ2v) is 4.93. The summed E-state index contributed by atoms with van der Waals surface area (Å²) in [5.41, 5.74) is -0.656. The molecule has 2 amide bonds. The summed E-state index contributed by atoms with van der Waals surface area (Å²) < 4.78 is 0. The van der Waals surface area contributed by atoms with Crippen LogP contribution in [0.1, 0.15) is 41.6 Å². The first kappa shape index (κ1) is 12.2. The highest BCUT2D eigenvalue weighted by molar-refractivity contribution is 6.19. The lowest BCUT2D eigenvalue weighted by molar-refractivity contribution is -0.178. The molecule has 0 radical (unpaired) electrons. The number of fused-ring (bicyclic) bond motifs is 1. The van der Waals surface area contributed by atoms with Crippen molar-refractivity contribution in [1.82, 2.24) is 10.0 Å². The highest BCUT2D eigenvalue weighted by Gasteiger charge is 2.41. The Morgan fingerprint density at radius 3 is 2.50 bits per heavy atom. The fourth-order valence-electron chi connectivity index (χ4n) is 1.35. The molecule has 0 fully saturated rings. The van der Waals surface area contributed by atoms with Crippen LogP contribution in [0.5, 0.6) is 0 Å². The number of hydroxylamine groups is 2. The molecule has 1 aliphatic heterocycles. The minimum Gasteiger partial charge on any atom is -0.329 e. The van der Waals surface area contributed by atoms with E-state index in [1.54, 1.807) is 26.8 Å². The lowest BCUT2D eigenvalue weighted by Crippen LogP contribution is -2.37. The zero-order valence-electron chi connectivity index (χ0n) is 10.3. The third-order valence-electron chi connectivity index (χ3n) is 2.40. The van der Waals surface area contributed by atoms with E-state index in [-0.39, 0.29) is 11.3 Å². The fourth-order valence-corrected chi connectivity index (χ4v) is 1.35. The minimum absolute atomic E-state index is 0.00390. The summed E-state index contributed by atoms with van der Waals surface area (Å²) >= 11 is 0. The zero-order valence-corrected chi connectivity index (χ0v) is 10.3. The number of carbonyl (C=O) groups is 3. The Kier molecular flexibility index (Phi) is 2.65. The summed E-state index contributed by atoms with van der Waals surface area (Å²) in [6, 6.07) is 3.01. The molecule has 6 nitrogen and oxygen atoms in total. The smallest absolute Gasteiger partial charge is 0.329 e. The summed E-state index contributed by atoms with van der Waals surface area (Å²) in [7, 11) is 0. The monoisotopic (exact) mass is 248 g/mol. The lowest BCUT2D eigenvalue weighted by Gasteiger charge is -2.19. The number of imide groups is 1. The van der Waals surface area contributed by atoms with Gasteiger partial charge in [0.2, 0.25) is 0 Å². The van der Waals surface area contributed by atoms with Gasteiger partial charge in [0.1, 0.15) is 5.69 Å². The van der Waals surface area contributed by atoms with Gasteiger partial charge < -0.3 is 4.84 Å². The molecule has 0 aliphatic carbocycles. The van der Waals surface area contributed by atoms with Gasteiger partial charge in [0.25, 0.3) is 5.91 Å². The van der Waals surface area contributed by atoms with E-state index < -0.39 is 23.2 Å². The Hall–Kier alpha value is -2.24. The van der Waals surface area contributed by atoms with Crippen LogP contribution >= 0.6 is 0 Å². The SMILES string of the molecule is CC(C)(C)C(=O)ON1C(=O)c2cccnc2C1=O. The fraction of sp³-hybridized carbons (Fsp3) is 0.333. The van der Waals surface area contributed by atoms with Gasteiger partial charge in [0.15, 0.2) is 0 Å². The van der Waals surface area contributed by atoms with Gasteiger partial charge in [-0.05, 0) is 32.9 Å². The lowest BCUT2D eigenvalue weighted by atomic mass is 9.98. The van der Waals surface area contributed by atoms with Crippen LogP contribution in [0, 0.1) is 5.41 Å². The van der Waals surface area contributed by atoms with Gasteiger partial charge in [-0.25, -0.2) is 4.79 Å². The Morgan fingerprint density at radius 2 is 1.94 bits per heavy atom. The molecule has 1 aromatic rings. The molecule has 0 spiro atoms. The molecule has 2 heterocycles. The first-order valence-corrected chi connectivity index (χ1v) is 5.38. The van der Waals surface area contributed by atoms with Gasteiger partial charge in [-0.3, -0.25) is 14.6 Å². The van der Waals surface area contributed by atoms with Crippen molar-refractivity contribution in [2.75, 3.05) is 0 Å². The third-order valence-corrected chi connectivity index (χ3v) is 2.40. The van der Waals surface area contributed by atoms with Crippen LogP contribution < -0.4 is 0 Å². The van der Waals surface area contributed by atoms with E-state index in [0.29, 0.717) is 5.06 Å². The molecular weight excluding hydrogens is 236 g/mol. The van der Waals surface area contributed by atoms with Crippen LogP contribution in [-0.4, -0.2) is 27.8 Å². The largest absolute Gasteiger partial charge is 0.338 e. The Labute approximate surface area is 104 Å². The number of nitrogens with zero attached hydrogens (tertiary/aromatic N) is 2. The van der Waals surface area contributed by atoms with Gasteiger partial charge in [-0.15, -0.1) is 0 Å². The molecule has 0 N–H and O–H groups in total. The summed E-state index contributed by atoms with van der Waals surface area (Å²) in [6.07, 6.45) is 1.40. The predicted octanol–water partition coefficient (Wildman–Crippen LogP) is 1.18. The van der Waals surface area contributed by atoms with Gasteiger partial charge in [0.05, 0.1) is 11.0 Å². The number of pyridine rings is 1. The molecule has 94 valence electrons. The summed E-state index contributed by atoms with van der Waals surface area (Å²) in [4.78, 5) is 44.0. The van der Waals surface area contributed by atoms with E-state index >= 15 is 0 Å². The van der Waals surface area contributed by atoms with Crippen LogP contribution in [0.15, 0.2) is 18.3 Å². The van der Waals surface area contributed by atoms with Crippen LogP contribution in [0.2, 0.25) is 0 Å². The maximum absolute atomic E-state index is 11.9. The molecular formula is C12H12N2O4. The minimum atomic E-state index is -0.803. The van der Waals surface area contributed by atoms with Gasteiger partial charge >= 0.3 is 11.9 Å². The first-order chi connectivity index (χ1) is 8.32. The van der Waals surface area contributed by atoms with Crippen molar-refractivity contribution in [2.24, 2.45) is 5.41 Å². The number of hydrogen-bond donors (Lipinski definition) is 0. The topological polar surface area (TPSA) is 76.6 Å². The van der Waals surface area contributed by atoms with Crippen molar-refractivity contribution in [2.45, 2.75) is 20.8 Å². The molecule has 6 heteroatoms. The van der Waals surface area contributed by atoms with Crippen LogP contribution in [0.25, 0.3) is 0 Å². The molecule has 1 aromatic heterocycles. The Balaban J connectivity index is 2.27. The van der Waals surface area contributed by atoms with Gasteiger partial charge in [0, 0.05) is 6.20 Å². The molecule has 0 aromatic carbocycles. The van der Waals surface area contributed by atoms with E-state index in [9.17, 15) is 14.4 Å². The third kappa shape index (κ3) is 1.85.